The third-order valence-electron chi connectivity index (χ3n) is 2.53. The van der Waals surface area contributed by atoms with Crippen molar-refractivity contribution in [2.24, 2.45) is 4.40 Å². The Labute approximate surface area is 115 Å². The molecule has 1 atom stereocenters. The van der Waals surface area contributed by atoms with Gasteiger partial charge in [0.15, 0.2) is 0 Å². The summed E-state index contributed by atoms with van der Waals surface area (Å²) in [5.74, 6) is -2.89. The van der Waals surface area contributed by atoms with Gasteiger partial charge in [0.1, 0.15) is 11.0 Å². The van der Waals surface area contributed by atoms with Crippen molar-refractivity contribution in [3.8, 4) is 0 Å². The minimum Gasteiger partial charge on any atom is -0.234 e. The first-order valence-corrected chi connectivity index (χ1v) is 7.08. The van der Waals surface area contributed by atoms with Gasteiger partial charge < -0.3 is 0 Å². The molecular formula is C14H19F2NOS. The molecule has 0 unspecified atom stereocenters. The van der Waals surface area contributed by atoms with Crippen LogP contribution in [0.2, 0.25) is 0 Å². The molecule has 0 amide bonds. The van der Waals surface area contributed by atoms with Gasteiger partial charge in [0.25, 0.3) is 5.92 Å². The topological polar surface area (TPSA) is 29.4 Å². The lowest BCUT2D eigenvalue weighted by atomic mass is 10.0. The minimum atomic E-state index is -2.89. The quantitative estimate of drug-likeness (QED) is 0.771. The van der Waals surface area contributed by atoms with Crippen LogP contribution in [0.4, 0.5) is 8.78 Å². The fourth-order valence-corrected chi connectivity index (χ4v) is 1.96. The molecule has 0 radical (unpaired) electrons. The fraction of sp³-hybridized carbons (Fsp3) is 0.500. The molecule has 0 saturated heterocycles. The summed E-state index contributed by atoms with van der Waals surface area (Å²) in [6, 6.07) is 6.01. The largest absolute Gasteiger partial charge is 0.270 e. The summed E-state index contributed by atoms with van der Waals surface area (Å²) in [5.41, 5.74) is 0.997. The standard InChI is InChI=1S/C14H19F2NOS/c1-10(17-19(18)13(2,3)4)11-7-6-8-12(9-11)14(5,15)16/h6-9H,1-5H3/t19-/m1/s1. The van der Waals surface area contributed by atoms with E-state index in [4.69, 9.17) is 0 Å². The van der Waals surface area contributed by atoms with E-state index in [1.165, 1.54) is 12.1 Å². The lowest BCUT2D eigenvalue weighted by Gasteiger charge is -2.15. The molecule has 1 rings (SSSR count). The number of hydrogen-bond acceptors (Lipinski definition) is 1. The monoisotopic (exact) mass is 287 g/mol. The molecule has 2 nitrogen and oxygen atoms in total. The van der Waals surface area contributed by atoms with Crippen molar-refractivity contribution in [3.05, 3.63) is 35.4 Å². The first-order valence-electron chi connectivity index (χ1n) is 5.98. The van der Waals surface area contributed by atoms with Gasteiger partial charge in [0, 0.05) is 12.5 Å². The second-order valence-corrected chi connectivity index (χ2v) is 7.41. The van der Waals surface area contributed by atoms with E-state index in [0.29, 0.717) is 11.3 Å². The first kappa shape index (κ1) is 16.0. The highest BCUT2D eigenvalue weighted by Gasteiger charge is 2.24. The molecule has 0 aliphatic heterocycles. The molecule has 1 aromatic carbocycles. The average Bonchev–Trinajstić information content (AvgIpc) is 2.26. The SMILES string of the molecule is CC(=N[S@](=O)C(C)(C)C)c1cccc(C(C)(F)F)c1. The summed E-state index contributed by atoms with van der Waals surface area (Å²) >= 11 is 0. The molecule has 5 heteroatoms. The second kappa shape index (κ2) is 5.49. The molecule has 0 aromatic heterocycles. The Kier molecular flexibility index (Phi) is 4.61. The van der Waals surface area contributed by atoms with Gasteiger partial charge in [0.2, 0.25) is 0 Å². The van der Waals surface area contributed by atoms with Crippen LogP contribution in [0.25, 0.3) is 0 Å². The highest BCUT2D eigenvalue weighted by atomic mass is 32.2. The summed E-state index contributed by atoms with van der Waals surface area (Å²) in [6.45, 7) is 7.98. The maximum atomic E-state index is 13.2. The summed E-state index contributed by atoms with van der Waals surface area (Å²) in [7, 11) is -1.40. The van der Waals surface area contributed by atoms with E-state index in [1.807, 2.05) is 20.8 Å². The van der Waals surface area contributed by atoms with Crippen molar-refractivity contribution < 1.29 is 13.0 Å². The first-order chi connectivity index (χ1) is 8.51. The van der Waals surface area contributed by atoms with E-state index in [1.54, 1.807) is 19.1 Å². The van der Waals surface area contributed by atoms with Gasteiger partial charge in [0.05, 0.1) is 10.5 Å². The summed E-state index contributed by atoms with van der Waals surface area (Å²) in [5, 5.41) is 0. The third kappa shape index (κ3) is 4.49. The number of halogens is 2. The number of rotatable bonds is 3. The predicted molar refractivity (Wildman–Crippen MR) is 76.1 cm³/mol. The maximum Gasteiger partial charge on any atom is 0.270 e. The van der Waals surface area contributed by atoms with Crippen molar-refractivity contribution >= 4 is 16.7 Å². The smallest absolute Gasteiger partial charge is 0.234 e. The predicted octanol–water partition coefficient (Wildman–Crippen LogP) is 4.07. The number of hydrogen-bond donors (Lipinski definition) is 0. The van der Waals surface area contributed by atoms with Crippen LogP contribution in [0.15, 0.2) is 28.7 Å². The lowest BCUT2D eigenvalue weighted by molar-refractivity contribution is 0.0174. The molecule has 19 heavy (non-hydrogen) atoms. The normalized spacial score (nSPS) is 15.4. The Bertz CT molecular complexity index is 513. The average molecular weight is 287 g/mol. The zero-order valence-electron chi connectivity index (χ0n) is 11.8. The molecule has 0 aliphatic carbocycles. The van der Waals surface area contributed by atoms with Gasteiger partial charge in [-0.3, -0.25) is 0 Å². The molecule has 0 N–H and O–H groups in total. The van der Waals surface area contributed by atoms with Crippen LogP contribution < -0.4 is 0 Å². The third-order valence-corrected chi connectivity index (χ3v) is 4.02. The Morgan fingerprint density at radius 2 is 1.79 bits per heavy atom. The molecular weight excluding hydrogens is 268 g/mol. The van der Waals surface area contributed by atoms with Crippen LogP contribution in [0.5, 0.6) is 0 Å². The summed E-state index contributed by atoms with van der Waals surface area (Å²) in [6.07, 6.45) is 0. The van der Waals surface area contributed by atoms with Gasteiger partial charge in [-0.15, -0.1) is 0 Å². The number of benzene rings is 1. The van der Waals surface area contributed by atoms with Gasteiger partial charge >= 0.3 is 0 Å². The van der Waals surface area contributed by atoms with Crippen LogP contribution in [-0.4, -0.2) is 14.7 Å². The molecule has 106 valence electrons. The summed E-state index contributed by atoms with van der Waals surface area (Å²) < 4.78 is 42.0. The Morgan fingerprint density at radius 3 is 2.26 bits per heavy atom. The highest BCUT2D eigenvalue weighted by Crippen LogP contribution is 2.27. The molecule has 0 fully saturated rings. The Hall–Kier alpha value is -1.10. The number of alkyl halides is 2. The molecule has 0 spiro atoms. The van der Waals surface area contributed by atoms with Crippen molar-refractivity contribution in [1.29, 1.82) is 0 Å². The van der Waals surface area contributed by atoms with E-state index >= 15 is 0 Å². The van der Waals surface area contributed by atoms with E-state index in [-0.39, 0.29) is 5.56 Å². The van der Waals surface area contributed by atoms with E-state index in [0.717, 1.165) is 6.92 Å². The van der Waals surface area contributed by atoms with Gasteiger partial charge in [-0.2, -0.15) is 4.40 Å². The van der Waals surface area contributed by atoms with Crippen LogP contribution in [-0.2, 0) is 16.9 Å². The lowest BCUT2D eigenvalue weighted by Crippen LogP contribution is -2.20. The molecule has 0 saturated carbocycles. The fourth-order valence-electron chi connectivity index (χ4n) is 1.33. The maximum absolute atomic E-state index is 13.2. The van der Waals surface area contributed by atoms with Gasteiger partial charge in [-0.05, 0) is 39.3 Å². The summed E-state index contributed by atoms with van der Waals surface area (Å²) in [4.78, 5) is 0. The molecule has 0 aliphatic rings. The molecule has 1 aromatic rings. The zero-order chi connectivity index (χ0) is 14.8. The highest BCUT2D eigenvalue weighted by molar-refractivity contribution is 7.85. The number of nitrogens with zero attached hydrogens (tertiary/aromatic N) is 1. The second-order valence-electron chi connectivity index (χ2n) is 5.51. The van der Waals surface area contributed by atoms with Crippen molar-refractivity contribution in [2.45, 2.75) is 45.3 Å². The van der Waals surface area contributed by atoms with E-state index in [9.17, 15) is 13.0 Å². The van der Waals surface area contributed by atoms with Gasteiger partial charge in [-0.25, -0.2) is 13.0 Å². The van der Waals surface area contributed by atoms with E-state index < -0.39 is 21.7 Å². The van der Waals surface area contributed by atoms with Crippen LogP contribution >= 0.6 is 0 Å². The Balaban J connectivity index is 3.11. The van der Waals surface area contributed by atoms with Crippen LogP contribution in [0.1, 0.15) is 45.7 Å². The Morgan fingerprint density at radius 1 is 1.21 bits per heavy atom. The molecule has 0 heterocycles. The zero-order valence-corrected chi connectivity index (χ0v) is 12.6. The van der Waals surface area contributed by atoms with Gasteiger partial charge in [-0.1, -0.05) is 18.2 Å². The van der Waals surface area contributed by atoms with Crippen molar-refractivity contribution in [1.82, 2.24) is 0 Å². The van der Waals surface area contributed by atoms with Crippen LogP contribution in [0, 0.1) is 0 Å². The van der Waals surface area contributed by atoms with E-state index in [2.05, 4.69) is 4.40 Å². The molecule has 0 bridgehead atoms. The minimum absolute atomic E-state index is 0.0684. The van der Waals surface area contributed by atoms with Crippen molar-refractivity contribution in [2.75, 3.05) is 0 Å². The van der Waals surface area contributed by atoms with Crippen LogP contribution in [0.3, 0.4) is 0 Å². The van der Waals surface area contributed by atoms with Crippen molar-refractivity contribution in [3.63, 3.8) is 0 Å².